The van der Waals surface area contributed by atoms with E-state index in [9.17, 15) is 0 Å². The van der Waals surface area contributed by atoms with E-state index in [0.717, 1.165) is 19.3 Å². The Balaban J connectivity index is 1.91. The van der Waals surface area contributed by atoms with E-state index in [4.69, 9.17) is 0 Å². The van der Waals surface area contributed by atoms with Crippen LogP contribution in [0.3, 0.4) is 0 Å². The summed E-state index contributed by atoms with van der Waals surface area (Å²) >= 11 is 0. The molecule has 0 saturated heterocycles. The quantitative estimate of drug-likeness (QED) is 0.237. The van der Waals surface area contributed by atoms with Crippen LogP contribution in [0.5, 0.6) is 0 Å². The molecule has 1 heterocycles. The van der Waals surface area contributed by atoms with Crippen LogP contribution in [0, 0.1) is 12.8 Å². The number of hydrogen-bond acceptors (Lipinski definition) is 0. The number of benzene rings is 3. The lowest BCUT2D eigenvalue weighted by Crippen LogP contribution is -2.38. The van der Waals surface area contributed by atoms with Crippen LogP contribution in [0.1, 0.15) is 49.8 Å². The van der Waals surface area contributed by atoms with Crippen molar-refractivity contribution in [3.63, 3.8) is 0 Å². The van der Waals surface area contributed by atoms with Crippen LogP contribution < -0.4 is 0 Å². The molecule has 1 aliphatic carbocycles. The first-order valence-corrected chi connectivity index (χ1v) is 15.1. The Kier molecular flexibility index (Phi) is 7.17. The summed E-state index contributed by atoms with van der Waals surface area (Å²) < 4.78 is 0. The summed E-state index contributed by atoms with van der Waals surface area (Å²) in [5.74, 6) is 0.346. The Bertz CT molecular complexity index is 1510. The molecule has 3 unspecified atom stereocenters. The van der Waals surface area contributed by atoms with E-state index in [2.05, 4.69) is 137 Å². The first-order chi connectivity index (χ1) is 17.6. The van der Waals surface area contributed by atoms with E-state index in [1.54, 1.807) is 0 Å². The minimum atomic E-state index is -0.305. The van der Waals surface area contributed by atoms with Crippen molar-refractivity contribution in [2.75, 3.05) is 0 Å². The maximum atomic E-state index is 2.54. The molecule has 0 saturated carbocycles. The highest BCUT2D eigenvalue weighted by molar-refractivity contribution is 7.59. The maximum Gasteiger partial charge on any atom is 0.0513 e. The Labute approximate surface area is 217 Å². The second-order valence-electron chi connectivity index (χ2n) is 9.98. The number of hydrogen-bond donors (Lipinski definition) is 0. The van der Waals surface area contributed by atoms with Gasteiger partial charge in [0.05, 0.1) is 5.41 Å². The largest absolute Gasteiger partial charge is 0.112 e. The highest BCUT2D eigenvalue weighted by atomic mass is 31.1. The molecule has 0 fully saturated rings. The second-order valence-corrected chi connectivity index (χ2v) is 12.1. The van der Waals surface area contributed by atoms with Gasteiger partial charge in [-0.1, -0.05) is 110 Å². The van der Waals surface area contributed by atoms with Gasteiger partial charge in [0, 0.05) is 10.2 Å². The summed E-state index contributed by atoms with van der Waals surface area (Å²) in [7, 11) is -0.305. The topological polar surface area (TPSA) is 0 Å². The van der Waals surface area contributed by atoms with Crippen molar-refractivity contribution in [2.45, 2.75) is 45.4 Å². The molecule has 0 spiro atoms. The highest BCUT2D eigenvalue weighted by Crippen LogP contribution is 2.53. The normalized spacial score (nSPS) is 18.7. The SMILES string of the molecule is C/C=C(\C=C/CC)C(c1ccc2c(c1)c1ccccc1p2C)(c1ccccc1C)C1C=CC=CCC1. The summed E-state index contributed by atoms with van der Waals surface area (Å²) in [6, 6.07) is 25.5. The van der Waals surface area contributed by atoms with Gasteiger partial charge in [-0.2, -0.15) is 0 Å². The monoisotopic (exact) mass is 488 g/mol. The average Bonchev–Trinajstić information content (AvgIpc) is 3.06. The molecule has 0 nitrogen and oxygen atoms in total. The van der Waals surface area contributed by atoms with Crippen molar-refractivity contribution in [1.82, 2.24) is 0 Å². The van der Waals surface area contributed by atoms with Crippen LogP contribution in [0.15, 0.2) is 115 Å². The Hall–Kier alpha value is -3.08. The van der Waals surface area contributed by atoms with Gasteiger partial charge in [0.1, 0.15) is 0 Å². The zero-order valence-corrected chi connectivity index (χ0v) is 22.9. The molecule has 1 aromatic heterocycles. The molecule has 0 amide bonds. The number of allylic oxidation sites excluding steroid dienone is 8. The Morgan fingerprint density at radius 3 is 2.56 bits per heavy atom. The summed E-state index contributed by atoms with van der Waals surface area (Å²) in [4.78, 5) is 0. The highest BCUT2D eigenvalue weighted by Gasteiger charge is 2.44. The summed E-state index contributed by atoms with van der Waals surface area (Å²) in [5, 5.41) is 5.88. The van der Waals surface area contributed by atoms with Crippen LogP contribution in [0.4, 0.5) is 0 Å². The van der Waals surface area contributed by atoms with Crippen molar-refractivity contribution < 1.29 is 0 Å². The van der Waals surface area contributed by atoms with Gasteiger partial charge in [0.15, 0.2) is 0 Å². The third-order valence-electron chi connectivity index (χ3n) is 8.03. The van der Waals surface area contributed by atoms with Crippen LogP contribution in [0.25, 0.3) is 21.0 Å². The predicted molar refractivity (Wildman–Crippen MR) is 161 cm³/mol. The van der Waals surface area contributed by atoms with Gasteiger partial charge in [0.2, 0.25) is 0 Å². The van der Waals surface area contributed by atoms with Crippen LogP contribution in [0.2, 0.25) is 0 Å². The zero-order valence-electron chi connectivity index (χ0n) is 22.0. The second kappa shape index (κ2) is 10.5. The van der Waals surface area contributed by atoms with Crippen molar-refractivity contribution >= 4 is 28.5 Å². The smallest absolute Gasteiger partial charge is 0.0513 e. The molecule has 3 aromatic carbocycles. The molecule has 182 valence electrons. The first kappa shape index (κ1) is 24.6. The van der Waals surface area contributed by atoms with Crippen LogP contribution in [-0.4, -0.2) is 0 Å². The van der Waals surface area contributed by atoms with Gasteiger partial charge in [-0.05, 0) is 84.8 Å². The zero-order chi connectivity index (χ0) is 25.1. The minimum absolute atomic E-state index is 0.267. The third kappa shape index (κ3) is 4.03. The minimum Gasteiger partial charge on any atom is -0.112 e. The third-order valence-corrected chi connectivity index (χ3v) is 10.3. The number of rotatable bonds is 6. The van der Waals surface area contributed by atoms with E-state index in [0.29, 0.717) is 5.92 Å². The van der Waals surface area contributed by atoms with Crippen molar-refractivity contribution in [3.8, 4) is 0 Å². The van der Waals surface area contributed by atoms with E-state index in [1.807, 2.05) is 0 Å². The Morgan fingerprint density at radius 2 is 1.75 bits per heavy atom. The van der Waals surface area contributed by atoms with Gasteiger partial charge in [0.25, 0.3) is 0 Å². The van der Waals surface area contributed by atoms with Crippen molar-refractivity contribution in [3.05, 3.63) is 132 Å². The van der Waals surface area contributed by atoms with Gasteiger partial charge >= 0.3 is 0 Å². The lowest BCUT2D eigenvalue weighted by atomic mass is 9.59. The molecule has 0 aliphatic heterocycles. The van der Waals surface area contributed by atoms with E-state index in [-0.39, 0.29) is 12.9 Å². The molecule has 1 aliphatic rings. The fourth-order valence-corrected chi connectivity index (χ4v) is 8.31. The molecular weight excluding hydrogens is 451 g/mol. The van der Waals surface area contributed by atoms with Crippen LogP contribution in [-0.2, 0) is 12.1 Å². The molecule has 0 radical (unpaired) electrons. The number of fused-ring (bicyclic) bond motifs is 3. The number of aryl methyl sites for hydroxylation is 2. The fraction of sp³-hybridized carbons (Fsp3) is 0.257. The molecule has 5 rings (SSSR count). The molecule has 3 atom stereocenters. The summed E-state index contributed by atoms with van der Waals surface area (Å²) in [5.41, 5.74) is 5.30. The average molecular weight is 489 g/mol. The van der Waals surface area contributed by atoms with Gasteiger partial charge < -0.3 is 0 Å². The predicted octanol–water partition coefficient (Wildman–Crippen LogP) is 10.5. The first-order valence-electron chi connectivity index (χ1n) is 13.3. The van der Waals surface area contributed by atoms with Gasteiger partial charge in [-0.15, -0.1) is 7.53 Å². The maximum absolute atomic E-state index is 2.54. The molecule has 0 bridgehead atoms. The van der Waals surface area contributed by atoms with Crippen molar-refractivity contribution in [1.29, 1.82) is 0 Å². The van der Waals surface area contributed by atoms with Crippen molar-refractivity contribution in [2.24, 2.45) is 12.6 Å². The molecule has 4 aromatic rings. The lowest BCUT2D eigenvalue weighted by molar-refractivity contribution is 0.421. The standard InChI is InChI=1S/C35H37P/c1-5-7-17-27(6-2)35(28-18-10-8-9-11-19-28,32-21-14-12-16-26(32)3)29-23-24-34-31(25-29)30-20-13-15-22-33(30)36(34)4/h6-10,12-18,20-25,28H,5,11,19H2,1-4H3/b17-7-,27-6+. The molecule has 36 heavy (non-hydrogen) atoms. The van der Waals surface area contributed by atoms with E-state index in [1.165, 1.54) is 43.3 Å². The lowest BCUT2D eigenvalue weighted by Gasteiger charge is -2.43. The fourth-order valence-electron chi connectivity index (χ4n) is 6.34. The summed E-state index contributed by atoms with van der Waals surface area (Å²) in [6.07, 6.45) is 19.6. The Morgan fingerprint density at radius 1 is 0.972 bits per heavy atom. The van der Waals surface area contributed by atoms with Gasteiger partial charge in [-0.3, -0.25) is 0 Å². The van der Waals surface area contributed by atoms with Crippen LogP contribution >= 0.6 is 7.53 Å². The van der Waals surface area contributed by atoms with Gasteiger partial charge in [-0.25, -0.2) is 0 Å². The van der Waals surface area contributed by atoms with E-state index >= 15 is 0 Å². The molecular formula is C35H37P. The summed E-state index contributed by atoms with van der Waals surface area (Å²) in [6.45, 7) is 9.14. The van der Waals surface area contributed by atoms with E-state index < -0.39 is 0 Å². The molecule has 1 heteroatoms. The molecule has 0 N–H and O–H groups in total.